The lowest BCUT2D eigenvalue weighted by Crippen LogP contribution is -2.26. The van der Waals surface area contributed by atoms with Crippen LogP contribution in [-0.4, -0.2) is 30.6 Å². The maximum atomic E-state index is 5.40. The van der Waals surface area contributed by atoms with Crippen LogP contribution in [0, 0.1) is 0 Å². The molecule has 0 spiro atoms. The summed E-state index contributed by atoms with van der Waals surface area (Å²) in [6, 6.07) is 51.4. The first-order chi connectivity index (χ1) is 26.0. The molecule has 53 heavy (non-hydrogen) atoms. The van der Waals surface area contributed by atoms with Gasteiger partial charge in [-0.1, -0.05) is 105 Å². The van der Waals surface area contributed by atoms with E-state index in [-0.39, 0.29) is 0 Å². The second kappa shape index (κ2) is 13.3. The summed E-state index contributed by atoms with van der Waals surface area (Å²) in [7, 11) is 0. The van der Waals surface area contributed by atoms with Crippen LogP contribution in [0.5, 0.6) is 0 Å². The van der Waals surface area contributed by atoms with Crippen LogP contribution >= 0.6 is 0 Å². The first-order valence-electron chi connectivity index (χ1n) is 17.7. The highest BCUT2D eigenvalue weighted by atomic mass is 14.9. The quantitative estimate of drug-likeness (QED) is 0.167. The van der Waals surface area contributed by atoms with E-state index in [0.29, 0.717) is 5.82 Å². The van der Waals surface area contributed by atoms with Crippen molar-refractivity contribution >= 4 is 11.4 Å². The molecule has 8 aromatic rings. The van der Waals surface area contributed by atoms with E-state index in [0.717, 1.165) is 84.4 Å². The normalized spacial score (nSPS) is 13.0. The fourth-order valence-corrected chi connectivity index (χ4v) is 7.21. The van der Waals surface area contributed by atoms with Crippen molar-refractivity contribution in [3.05, 3.63) is 181 Å². The molecule has 252 valence electrons. The van der Waals surface area contributed by atoms with E-state index in [1.54, 1.807) is 0 Å². The maximum Gasteiger partial charge on any atom is 0.160 e. The van der Waals surface area contributed by atoms with Gasteiger partial charge in [-0.25, -0.2) is 9.97 Å². The fraction of sp³-hybridized carbons (Fsp3) is 0.0638. The summed E-state index contributed by atoms with van der Waals surface area (Å²) in [4.78, 5) is 30.0. The molecule has 5 heterocycles. The molecule has 0 amide bonds. The van der Waals surface area contributed by atoms with Crippen molar-refractivity contribution in [1.82, 2.24) is 24.9 Å². The van der Waals surface area contributed by atoms with Crippen molar-refractivity contribution in [3.63, 3.8) is 0 Å². The zero-order valence-corrected chi connectivity index (χ0v) is 29.3. The van der Waals surface area contributed by atoms with Crippen molar-refractivity contribution < 1.29 is 0 Å². The second-order valence-corrected chi connectivity index (χ2v) is 13.6. The van der Waals surface area contributed by atoms with Crippen LogP contribution in [0.15, 0.2) is 175 Å². The number of aromatic nitrogens is 5. The molecular formula is C47H34N6. The van der Waals surface area contributed by atoms with Crippen LogP contribution in [0.3, 0.4) is 0 Å². The third-order valence-electron chi connectivity index (χ3n) is 9.83. The molecule has 0 aliphatic carbocycles. The van der Waals surface area contributed by atoms with Crippen LogP contribution < -0.4 is 0 Å². The molecule has 1 aliphatic rings. The number of pyridine rings is 3. The summed E-state index contributed by atoms with van der Waals surface area (Å²) >= 11 is 0. The topological polar surface area (TPSA) is 76.8 Å². The van der Waals surface area contributed by atoms with E-state index in [1.165, 1.54) is 0 Å². The Balaban J connectivity index is 1.22. The van der Waals surface area contributed by atoms with E-state index >= 15 is 0 Å². The summed E-state index contributed by atoms with van der Waals surface area (Å²) in [5, 5.41) is 0. The Bertz CT molecular complexity index is 2490. The Morgan fingerprint density at radius 3 is 1.43 bits per heavy atom. The smallest absolute Gasteiger partial charge is 0.160 e. The van der Waals surface area contributed by atoms with Crippen LogP contribution in [0.2, 0.25) is 0 Å². The summed E-state index contributed by atoms with van der Waals surface area (Å²) in [6.45, 7) is 4.48. The van der Waals surface area contributed by atoms with Gasteiger partial charge in [0.05, 0.1) is 39.9 Å². The van der Waals surface area contributed by atoms with Gasteiger partial charge in [-0.2, -0.15) is 0 Å². The summed E-state index contributed by atoms with van der Waals surface area (Å²) in [6.07, 6.45) is 5.49. The van der Waals surface area contributed by atoms with Gasteiger partial charge in [0.15, 0.2) is 5.82 Å². The zero-order valence-electron chi connectivity index (χ0n) is 29.3. The highest BCUT2D eigenvalue weighted by Gasteiger charge is 2.37. The molecule has 0 unspecified atom stereocenters. The summed E-state index contributed by atoms with van der Waals surface area (Å²) in [5.74, 6) is 0.657. The molecule has 0 atom stereocenters. The van der Waals surface area contributed by atoms with Crippen molar-refractivity contribution in [2.24, 2.45) is 4.99 Å². The van der Waals surface area contributed by atoms with Crippen molar-refractivity contribution in [1.29, 1.82) is 0 Å². The molecule has 0 N–H and O–H groups in total. The van der Waals surface area contributed by atoms with Gasteiger partial charge in [0.25, 0.3) is 0 Å². The van der Waals surface area contributed by atoms with Crippen LogP contribution in [0.25, 0.3) is 67.7 Å². The van der Waals surface area contributed by atoms with Crippen molar-refractivity contribution in [3.8, 4) is 67.7 Å². The van der Waals surface area contributed by atoms with Crippen LogP contribution in [-0.2, 0) is 5.41 Å². The van der Waals surface area contributed by atoms with Gasteiger partial charge in [-0.3, -0.25) is 19.9 Å². The number of rotatable bonds is 7. The molecule has 4 aromatic heterocycles. The number of hydrogen-bond donors (Lipinski definition) is 0. The largest absolute Gasteiger partial charge is 0.256 e. The van der Waals surface area contributed by atoms with Gasteiger partial charge in [0.2, 0.25) is 0 Å². The monoisotopic (exact) mass is 682 g/mol. The first kappa shape index (κ1) is 32.0. The lowest BCUT2D eigenvalue weighted by atomic mass is 9.77. The summed E-state index contributed by atoms with van der Waals surface area (Å²) < 4.78 is 0. The number of fused-ring (bicyclic) bond motifs is 1. The predicted octanol–water partition coefficient (Wildman–Crippen LogP) is 11.1. The fourth-order valence-electron chi connectivity index (χ4n) is 7.21. The minimum Gasteiger partial charge on any atom is -0.256 e. The lowest BCUT2D eigenvalue weighted by molar-refractivity contribution is 0.737. The molecule has 0 bridgehead atoms. The third-order valence-corrected chi connectivity index (χ3v) is 9.83. The van der Waals surface area contributed by atoms with Gasteiger partial charge < -0.3 is 0 Å². The number of hydrogen-bond acceptors (Lipinski definition) is 6. The molecule has 0 saturated heterocycles. The zero-order chi connectivity index (χ0) is 35.8. The van der Waals surface area contributed by atoms with Crippen molar-refractivity contribution in [2.75, 3.05) is 0 Å². The second-order valence-electron chi connectivity index (χ2n) is 13.6. The summed E-state index contributed by atoms with van der Waals surface area (Å²) in [5.41, 5.74) is 13.8. The van der Waals surface area contributed by atoms with Crippen molar-refractivity contribution in [2.45, 2.75) is 19.3 Å². The Kier molecular flexibility index (Phi) is 8.05. The van der Waals surface area contributed by atoms with Gasteiger partial charge >= 0.3 is 0 Å². The Labute approximate surface area is 308 Å². The Morgan fingerprint density at radius 1 is 0.415 bits per heavy atom. The van der Waals surface area contributed by atoms with Gasteiger partial charge in [-0.05, 0) is 71.8 Å². The Hall–Kier alpha value is -6.92. The molecule has 4 aromatic carbocycles. The number of benzene rings is 4. The Morgan fingerprint density at radius 2 is 0.925 bits per heavy atom. The molecule has 0 saturated carbocycles. The highest BCUT2D eigenvalue weighted by Crippen LogP contribution is 2.46. The average molecular weight is 683 g/mol. The molecule has 0 fully saturated rings. The molecule has 1 aliphatic heterocycles. The molecule has 9 rings (SSSR count). The minimum atomic E-state index is -0.398. The molecule has 0 radical (unpaired) electrons. The average Bonchev–Trinajstić information content (AvgIpc) is 3.51. The number of nitrogens with zero attached hydrogens (tertiary/aromatic N) is 6. The molecular weight excluding hydrogens is 649 g/mol. The first-order valence-corrected chi connectivity index (χ1v) is 17.7. The minimum absolute atomic E-state index is 0.398. The highest BCUT2D eigenvalue weighted by molar-refractivity contribution is 6.14. The maximum absolute atomic E-state index is 5.40. The molecule has 6 heteroatoms. The van der Waals surface area contributed by atoms with Gasteiger partial charge in [0, 0.05) is 57.4 Å². The van der Waals surface area contributed by atoms with Crippen LogP contribution in [0.4, 0.5) is 5.69 Å². The van der Waals surface area contributed by atoms with E-state index in [4.69, 9.17) is 29.9 Å². The van der Waals surface area contributed by atoms with Crippen LogP contribution in [0.1, 0.15) is 25.0 Å². The SMILES string of the molecule is CC1(C)C(c2cc(-c3ccccn3)c(-c3ccccn3)c(-c3ccccn3)c2)=Nc2cc(-c3nc(-c4ccccc4)cc(-c4ccccc4)n3)ccc21. The predicted molar refractivity (Wildman–Crippen MR) is 214 cm³/mol. The van der Waals surface area contributed by atoms with Gasteiger partial charge in [-0.15, -0.1) is 0 Å². The third kappa shape index (κ3) is 6.00. The molecule has 6 nitrogen and oxygen atoms in total. The standard InChI is InChI=1S/C47H34N6/c1-47(2)37-23-22-33(46-52-41(31-15-5-3-6-16-31)30-42(53-46)32-17-7-4-8-18-32)29-43(37)51-45(47)34-27-35(38-19-9-12-24-48-38)44(40-21-11-14-26-50-40)36(28-34)39-20-10-13-25-49-39/h3-30H,1-2H3. The lowest BCUT2D eigenvalue weighted by Gasteiger charge is -2.24. The van der Waals surface area contributed by atoms with E-state index in [1.807, 2.05) is 110 Å². The van der Waals surface area contributed by atoms with E-state index < -0.39 is 5.41 Å². The van der Waals surface area contributed by atoms with Gasteiger partial charge in [0.1, 0.15) is 0 Å². The van der Waals surface area contributed by atoms with E-state index in [2.05, 4.69) is 74.5 Å². The number of aliphatic imine (C=N–C) groups is 1. The van der Waals surface area contributed by atoms with E-state index in [9.17, 15) is 0 Å².